The number of hydrogen-bond acceptors (Lipinski definition) is 3. The van der Waals surface area contributed by atoms with E-state index in [1.807, 2.05) is 0 Å². The molecule has 0 unspecified atom stereocenters. The van der Waals surface area contributed by atoms with Gasteiger partial charge in [0.2, 0.25) is 0 Å². The number of alkyl halides is 3. The SMILES string of the molecule is COc1ccc(C[C@H](N)C(=O)O)c(C(F)(F)F)c1. The third kappa shape index (κ3) is 3.36. The van der Waals surface area contributed by atoms with E-state index in [0.29, 0.717) is 0 Å². The predicted octanol–water partition coefficient (Wildman–Crippen LogP) is 1.67. The minimum Gasteiger partial charge on any atom is -0.497 e. The topological polar surface area (TPSA) is 72.5 Å². The van der Waals surface area contributed by atoms with E-state index in [1.54, 1.807) is 0 Å². The smallest absolute Gasteiger partial charge is 0.416 e. The summed E-state index contributed by atoms with van der Waals surface area (Å²) in [6.45, 7) is 0. The van der Waals surface area contributed by atoms with Crippen molar-refractivity contribution in [3.8, 4) is 5.75 Å². The number of aliphatic carboxylic acids is 1. The van der Waals surface area contributed by atoms with Crippen molar-refractivity contribution in [2.75, 3.05) is 7.11 Å². The second kappa shape index (κ2) is 5.26. The first-order chi connectivity index (χ1) is 8.25. The molecule has 0 bridgehead atoms. The first-order valence-electron chi connectivity index (χ1n) is 4.98. The van der Waals surface area contributed by atoms with Crippen molar-refractivity contribution >= 4 is 5.97 Å². The van der Waals surface area contributed by atoms with E-state index in [4.69, 9.17) is 15.6 Å². The Morgan fingerprint density at radius 2 is 2.11 bits per heavy atom. The zero-order chi connectivity index (χ0) is 13.9. The van der Waals surface area contributed by atoms with Gasteiger partial charge in [0, 0.05) is 0 Å². The monoisotopic (exact) mass is 263 g/mol. The molecule has 1 rings (SSSR count). The molecule has 1 aromatic carbocycles. The van der Waals surface area contributed by atoms with Crippen LogP contribution in [0, 0.1) is 0 Å². The Hall–Kier alpha value is -1.76. The Bertz CT molecular complexity index is 446. The van der Waals surface area contributed by atoms with Gasteiger partial charge in [0.15, 0.2) is 0 Å². The molecule has 0 saturated carbocycles. The van der Waals surface area contributed by atoms with Crippen molar-refractivity contribution in [1.29, 1.82) is 0 Å². The van der Waals surface area contributed by atoms with Crippen molar-refractivity contribution in [3.05, 3.63) is 29.3 Å². The molecule has 3 N–H and O–H groups in total. The molecule has 0 saturated heterocycles. The van der Waals surface area contributed by atoms with E-state index in [9.17, 15) is 18.0 Å². The molecule has 0 aliphatic heterocycles. The van der Waals surface area contributed by atoms with Crippen LogP contribution in [0.15, 0.2) is 18.2 Å². The van der Waals surface area contributed by atoms with Crippen LogP contribution in [0.3, 0.4) is 0 Å². The Labute approximate surface area is 101 Å². The van der Waals surface area contributed by atoms with Crippen LogP contribution in [0.25, 0.3) is 0 Å². The lowest BCUT2D eigenvalue weighted by Crippen LogP contribution is -2.33. The van der Waals surface area contributed by atoms with Gasteiger partial charge in [-0.2, -0.15) is 13.2 Å². The maximum absolute atomic E-state index is 12.8. The highest BCUT2D eigenvalue weighted by molar-refractivity contribution is 5.73. The van der Waals surface area contributed by atoms with Gasteiger partial charge in [-0.3, -0.25) is 4.79 Å². The molecule has 4 nitrogen and oxygen atoms in total. The molecule has 0 fully saturated rings. The summed E-state index contributed by atoms with van der Waals surface area (Å²) in [4.78, 5) is 10.6. The molecular formula is C11H12F3NO3. The van der Waals surface area contributed by atoms with E-state index in [-0.39, 0.29) is 11.3 Å². The maximum Gasteiger partial charge on any atom is 0.416 e. The fourth-order valence-electron chi connectivity index (χ4n) is 1.45. The number of rotatable bonds is 4. The first-order valence-corrected chi connectivity index (χ1v) is 4.98. The Balaban J connectivity index is 3.14. The lowest BCUT2D eigenvalue weighted by atomic mass is 10.00. The molecular weight excluding hydrogens is 251 g/mol. The minimum atomic E-state index is -4.58. The van der Waals surface area contributed by atoms with E-state index in [1.165, 1.54) is 19.2 Å². The number of methoxy groups -OCH3 is 1. The van der Waals surface area contributed by atoms with Gasteiger partial charge >= 0.3 is 12.1 Å². The summed E-state index contributed by atoms with van der Waals surface area (Å²) in [6, 6.07) is 1.95. The third-order valence-electron chi connectivity index (χ3n) is 2.38. The number of nitrogens with two attached hydrogens (primary N) is 1. The highest BCUT2D eigenvalue weighted by atomic mass is 19.4. The van der Waals surface area contributed by atoms with E-state index in [2.05, 4.69) is 0 Å². The molecule has 100 valence electrons. The van der Waals surface area contributed by atoms with Crippen LogP contribution in [-0.2, 0) is 17.4 Å². The van der Waals surface area contributed by atoms with Crippen molar-refractivity contribution in [2.45, 2.75) is 18.6 Å². The quantitative estimate of drug-likeness (QED) is 0.866. The summed E-state index contributed by atoms with van der Waals surface area (Å²) in [5.41, 5.74) is 4.13. The number of carboxylic acids is 1. The molecule has 1 atom stereocenters. The average molecular weight is 263 g/mol. The van der Waals surface area contributed by atoms with Gasteiger partial charge in [-0.05, 0) is 24.1 Å². The van der Waals surface area contributed by atoms with Crippen LogP contribution in [0.1, 0.15) is 11.1 Å². The van der Waals surface area contributed by atoms with Crippen LogP contribution in [0.4, 0.5) is 13.2 Å². The molecule has 0 heterocycles. The molecule has 7 heteroatoms. The zero-order valence-corrected chi connectivity index (χ0v) is 9.49. The molecule has 0 aliphatic carbocycles. The fourth-order valence-corrected chi connectivity index (χ4v) is 1.45. The van der Waals surface area contributed by atoms with Gasteiger partial charge in [-0.15, -0.1) is 0 Å². The normalized spacial score (nSPS) is 13.2. The number of halogens is 3. The summed E-state index contributed by atoms with van der Waals surface area (Å²) in [6.07, 6.45) is -4.98. The predicted molar refractivity (Wildman–Crippen MR) is 57.3 cm³/mol. The lowest BCUT2D eigenvalue weighted by Gasteiger charge is -2.15. The summed E-state index contributed by atoms with van der Waals surface area (Å²) in [5, 5.41) is 8.61. The van der Waals surface area contributed by atoms with Crippen molar-refractivity contribution in [2.24, 2.45) is 5.73 Å². The first kappa shape index (κ1) is 14.3. The average Bonchev–Trinajstić information content (AvgIpc) is 2.27. The second-order valence-electron chi connectivity index (χ2n) is 3.67. The van der Waals surface area contributed by atoms with E-state index in [0.717, 1.165) is 6.07 Å². The summed E-state index contributed by atoms with van der Waals surface area (Å²) >= 11 is 0. The number of benzene rings is 1. The molecule has 0 spiro atoms. The molecule has 0 amide bonds. The number of carboxylic acid groups (broad SMARTS) is 1. The molecule has 0 aliphatic rings. The van der Waals surface area contributed by atoms with Crippen LogP contribution in [-0.4, -0.2) is 24.2 Å². The number of carbonyl (C=O) groups is 1. The molecule has 0 aromatic heterocycles. The summed E-state index contributed by atoms with van der Waals surface area (Å²) < 4.78 is 43.0. The Morgan fingerprint density at radius 1 is 1.50 bits per heavy atom. The van der Waals surface area contributed by atoms with Crippen LogP contribution < -0.4 is 10.5 Å². The van der Waals surface area contributed by atoms with Crippen LogP contribution >= 0.6 is 0 Å². The Kier molecular flexibility index (Phi) is 4.18. The highest BCUT2D eigenvalue weighted by Gasteiger charge is 2.34. The standard InChI is InChI=1S/C11H12F3NO3/c1-18-7-3-2-6(4-9(15)10(16)17)8(5-7)11(12,13)14/h2-3,5,9H,4,15H2,1H3,(H,16,17)/t9-/m0/s1. The van der Waals surface area contributed by atoms with Gasteiger partial charge in [-0.25, -0.2) is 0 Å². The van der Waals surface area contributed by atoms with Gasteiger partial charge in [-0.1, -0.05) is 6.07 Å². The molecule has 0 radical (unpaired) electrons. The largest absolute Gasteiger partial charge is 0.497 e. The van der Waals surface area contributed by atoms with Crippen molar-refractivity contribution < 1.29 is 27.8 Å². The van der Waals surface area contributed by atoms with E-state index >= 15 is 0 Å². The van der Waals surface area contributed by atoms with Crippen LogP contribution in [0.5, 0.6) is 5.75 Å². The van der Waals surface area contributed by atoms with Crippen LogP contribution in [0.2, 0.25) is 0 Å². The van der Waals surface area contributed by atoms with Gasteiger partial charge in [0.1, 0.15) is 11.8 Å². The molecule has 1 aromatic rings. The fraction of sp³-hybridized carbons (Fsp3) is 0.364. The van der Waals surface area contributed by atoms with Gasteiger partial charge < -0.3 is 15.6 Å². The summed E-state index contributed by atoms with van der Waals surface area (Å²) in [5.74, 6) is -1.30. The van der Waals surface area contributed by atoms with Crippen molar-refractivity contribution in [1.82, 2.24) is 0 Å². The highest BCUT2D eigenvalue weighted by Crippen LogP contribution is 2.34. The Morgan fingerprint density at radius 3 is 2.56 bits per heavy atom. The lowest BCUT2D eigenvalue weighted by molar-refractivity contribution is -0.140. The number of hydrogen-bond donors (Lipinski definition) is 2. The van der Waals surface area contributed by atoms with Gasteiger partial charge in [0.25, 0.3) is 0 Å². The van der Waals surface area contributed by atoms with E-state index < -0.39 is 30.2 Å². The van der Waals surface area contributed by atoms with Gasteiger partial charge in [0.05, 0.1) is 12.7 Å². The minimum absolute atomic E-state index is 0.0509. The second-order valence-corrected chi connectivity index (χ2v) is 3.67. The maximum atomic E-state index is 12.8. The zero-order valence-electron chi connectivity index (χ0n) is 9.49. The van der Waals surface area contributed by atoms with Crippen molar-refractivity contribution in [3.63, 3.8) is 0 Å². The third-order valence-corrected chi connectivity index (χ3v) is 2.38. The summed E-state index contributed by atoms with van der Waals surface area (Å²) in [7, 11) is 1.25. The number of ether oxygens (including phenoxy) is 1. The molecule has 18 heavy (non-hydrogen) atoms.